The quantitative estimate of drug-likeness (QED) is 0.0798. The molecule has 1 saturated heterocycles. The first-order valence-electron chi connectivity index (χ1n) is 14.5. The third-order valence-corrected chi connectivity index (χ3v) is 8.43. The van der Waals surface area contributed by atoms with E-state index in [-0.39, 0.29) is 47.5 Å². The number of benzene rings is 3. The normalized spacial score (nSPS) is 25.4. The summed E-state index contributed by atoms with van der Waals surface area (Å²) in [6.07, 6.45) is -2.39. The summed E-state index contributed by atoms with van der Waals surface area (Å²) in [5, 5.41) is 80.9. The lowest BCUT2D eigenvalue weighted by Gasteiger charge is -2.51. The van der Waals surface area contributed by atoms with Gasteiger partial charge >= 0.3 is 17.9 Å². The lowest BCUT2D eigenvalue weighted by atomic mass is 9.68. The summed E-state index contributed by atoms with van der Waals surface area (Å²) in [6, 6.07) is 13.9. The van der Waals surface area contributed by atoms with Crippen molar-refractivity contribution in [1.82, 2.24) is 0 Å². The predicted octanol–water partition coefficient (Wildman–Crippen LogP) is 2.58. The topological polar surface area (TPSA) is 232 Å². The van der Waals surface area contributed by atoms with Crippen molar-refractivity contribution in [3.05, 3.63) is 88.5 Å². The number of rotatable bonds is 7. The Morgan fingerprint density at radius 3 is 2.19 bits per heavy atom. The van der Waals surface area contributed by atoms with Crippen molar-refractivity contribution in [1.29, 1.82) is 0 Å². The van der Waals surface area contributed by atoms with E-state index in [0.29, 0.717) is 11.1 Å². The van der Waals surface area contributed by atoms with Gasteiger partial charge in [-0.05, 0) is 77.6 Å². The second-order valence-corrected chi connectivity index (χ2v) is 11.6. The number of hydrogen-bond acceptors (Lipinski definition) is 12. The molecule has 4 atom stereocenters. The van der Waals surface area contributed by atoms with Crippen LogP contribution in [-0.2, 0) is 30.5 Å². The maximum atomic E-state index is 14.0. The van der Waals surface area contributed by atoms with Gasteiger partial charge in [0.2, 0.25) is 0 Å². The fraction of sp³-hybridized carbons (Fsp3) is 0.265. The van der Waals surface area contributed by atoms with Crippen LogP contribution in [0.2, 0.25) is 0 Å². The van der Waals surface area contributed by atoms with Crippen molar-refractivity contribution in [2.45, 2.75) is 55.7 Å². The molecule has 0 amide bonds. The standard InChI is InChI=1S/C34H32O13/c35-17-20-2-1-3-21(11-20)23(12-19-5-7-25(37)27(39)14-19)31(42)46-29-16-33(45,32(43)44)15-28(40)34(29)9-8-22(30(41)47-34)10-18-4-6-24(36)26(38)13-18/h1-7,10-14,28-29,35-40,45H,8-9,15-17H2,(H,43,44)/t28-,29+,33-,34-/m1/s1. The second-order valence-electron chi connectivity index (χ2n) is 11.6. The highest BCUT2D eigenvalue weighted by molar-refractivity contribution is 6.21. The minimum Gasteiger partial charge on any atom is -0.504 e. The van der Waals surface area contributed by atoms with E-state index in [1.807, 2.05) is 0 Å². The molecule has 3 aromatic rings. The molecule has 1 saturated carbocycles. The van der Waals surface area contributed by atoms with Gasteiger partial charge < -0.3 is 50.3 Å². The van der Waals surface area contributed by atoms with Crippen molar-refractivity contribution in [3.63, 3.8) is 0 Å². The number of aliphatic hydroxyl groups excluding tert-OH is 2. The Hall–Kier alpha value is -5.37. The Morgan fingerprint density at radius 2 is 1.57 bits per heavy atom. The number of aliphatic hydroxyl groups is 3. The fourth-order valence-electron chi connectivity index (χ4n) is 5.82. The van der Waals surface area contributed by atoms with Crippen LogP contribution in [-0.4, -0.2) is 82.2 Å². The molecule has 0 radical (unpaired) electrons. The summed E-state index contributed by atoms with van der Waals surface area (Å²) >= 11 is 0. The summed E-state index contributed by atoms with van der Waals surface area (Å²) in [5.41, 5.74) is -3.25. The summed E-state index contributed by atoms with van der Waals surface area (Å²) < 4.78 is 11.6. The van der Waals surface area contributed by atoms with Crippen molar-refractivity contribution in [2.24, 2.45) is 0 Å². The molecule has 0 bridgehead atoms. The largest absolute Gasteiger partial charge is 0.504 e. The number of esters is 2. The van der Waals surface area contributed by atoms with Crippen LogP contribution >= 0.6 is 0 Å². The Labute approximate surface area is 267 Å². The first-order valence-corrected chi connectivity index (χ1v) is 14.5. The van der Waals surface area contributed by atoms with Crippen LogP contribution in [0.25, 0.3) is 17.7 Å². The molecule has 2 aliphatic rings. The lowest BCUT2D eigenvalue weighted by molar-refractivity contribution is -0.244. The number of carboxylic acids is 1. The number of phenols is 4. The Balaban J connectivity index is 1.53. The monoisotopic (exact) mass is 648 g/mol. The maximum absolute atomic E-state index is 14.0. The molecule has 0 unspecified atom stereocenters. The summed E-state index contributed by atoms with van der Waals surface area (Å²) in [5.74, 6) is -5.35. The predicted molar refractivity (Wildman–Crippen MR) is 164 cm³/mol. The highest BCUT2D eigenvalue weighted by Crippen LogP contribution is 2.46. The molecule has 3 aromatic carbocycles. The first kappa shape index (κ1) is 33.0. The molecule has 13 nitrogen and oxygen atoms in total. The minimum atomic E-state index is -2.55. The van der Waals surface area contributed by atoms with E-state index in [2.05, 4.69) is 0 Å². The molecule has 13 heteroatoms. The van der Waals surface area contributed by atoms with E-state index in [4.69, 9.17) is 9.47 Å². The number of carbonyl (C=O) groups is 3. The number of carbonyl (C=O) groups excluding carboxylic acids is 2. The number of phenolic OH excluding ortho intramolecular Hbond substituents is 4. The van der Waals surface area contributed by atoms with Gasteiger partial charge in [0.05, 0.1) is 12.2 Å². The zero-order chi connectivity index (χ0) is 34.1. The van der Waals surface area contributed by atoms with Crippen LogP contribution in [0.1, 0.15) is 47.9 Å². The van der Waals surface area contributed by atoms with Crippen LogP contribution in [0.5, 0.6) is 23.0 Å². The number of aliphatic carboxylic acids is 1. The smallest absolute Gasteiger partial charge is 0.339 e. The zero-order valence-electron chi connectivity index (χ0n) is 24.7. The summed E-state index contributed by atoms with van der Waals surface area (Å²) in [6.45, 7) is -0.366. The van der Waals surface area contributed by atoms with Crippen LogP contribution in [0.3, 0.4) is 0 Å². The van der Waals surface area contributed by atoms with Gasteiger partial charge in [0, 0.05) is 18.4 Å². The van der Waals surface area contributed by atoms with Crippen LogP contribution < -0.4 is 0 Å². The second kappa shape index (κ2) is 12.8. The Morgan fingerprint density at radius 1 is 0.915 bits per heavy atom. The van der Waals surface area contributed by atoms with Gasteiger partial charge in [-0.3, -0.25) is 0 Å². The van der Waals surface area contributed by atoms with Crippen LogP contribution in [0, 0.1) is 0 Å². The van der Waals surface area contributed by atoms with E-state index in [1.54, 1.807) is 12.1 Å². The maximum Gasteiger partial charge on any atom is 0.339 e. The molecular formula is C34H32O13. The van der Waals surface area contributed by atoms with Crippen LogP contribution in [0.4, 0.5) is 0 Å². The van der Waals surface area contributed by atoms with Crippen LogP contribution in [0.15, 0.2) is 66.2 Å². The fourth-order valence-corrected chi connectivity index (χ4v) is 5.82. The SMILES string of the molecule is O=C1O[C@]2(CCC1=Cc1ccc(O)c(O)c1)[C@H](O)C[C@](O)(C(=O)O)C[C@@H]2OC(=O)C(=Cc1ccc(O)c(O)c1)c1cccc(CO)c1. The van der Waals surface area contributed by atoms with Gasteiger partial charge in [0.15, 0.2) is 34.2 Å². The highest BCUT2D eigenvalue weighted by Gasteiger charge is 2.62. The molecule has 1 aliphatic heterocycles. The van der Waals surface area contributed by atoms with Gasteiger partial charge in [-0.2, -0.15) is 0 Å². The van der Waals surface area contributed by atoms with E-state index in [0.717, 1.165) is 0 Å². The molecule has 1 aliphatic carbocycles. The third kappa shape index (κ3) is 6.63. The molecule has 47 heavy (non-hydrogen) atoms. The molecular weight excluding hydrogens is 616 g/mol. The van der Waals surface area contributed by atoms with Gasteiger partial charge in [0.25, 0.3) is 0 Å². The molecule has 2 fully saturated rings. The van der Waals surface area contributed by atoms with Gasteiger partial charge in [0.1, 0.15) is 12.2 Å². The molecule has 5 rings (SSSR count). The number of aromatic hydroxyl groups is 4. The first-order chi connectivity index (χ1) is 22.2. The average Bonchev–Trinajstić information content (AvgIpc) is 3.03. The summed E-state index contributed by atoms with van der Waals surface area (Å²) in [4.78, 5) is 39.4. The van der Waals surface area contributed by atoms with Gasteiger partial charge in [-0.25, -0.2) is 14.4 Å². The minimum absolute atomic E-state index is 0.0366. The van der Waals surface area contributed by atoms with Crippen molar-refractivity contribution in [2.75, 3.05) is 0 Å². The van der Waals surface area contributed by atoms with Gasteiger partial charge in [-0.1, -0.05) is 30.3 Å². The number of hydrogen-bond donors (Lipinski definition) is 8. The lowest BCUT2D eigenvalue weighted by Crippen LogP contribution is -2.67. The number of carboxylic acid groups (broad SMARTS) is 1. The zero-order valence-corrected chi connectivity index (χ0v) is 24.7. The van der Waals surface area contributed by atoms with Crippen molar-refractivity contribution >= 4 is 35.6 Å². The Kier molecular flexibility index (Phi) is 8.98. The van der Waals surface area contributed by atoms with E-state index >= 15 is 0 Å². The Bertz CT molecular complexity index is 1790. The third-order valence-electron chi connectivity index (χ3n) is 8.43. The van der Waals surface area contributed by atoms with Crippen molar-refractivity contribution in [3.8, 4) is 23.0 Å². The molecule has 1 heterocycles. The molecule has 246 valence electrons. The highest BCUT2D eigenvalue weighted by atomic mass is 16.6. The average molecular weight is 649 g/mol. The number of ether oxygens (including phenoxy) is 2. The van der Waals surface area contributed by atoms with E-state index < -0.39 is 71.4 Å². The van der Waals surface area contributed by atoms with E-state index in [1.165, 1.54) is 60.7 Å². The molecule has 1 spiro atoms. The van der Waals surface area contributed by atoms with Gasteiger partial charge in [-0.15, -0.1) is 0 Å². The summed E-state index contributed by atoms with van der Waals surface area (Å²) in [7, 11) is 0. The molecule has 0 aromatic heterocycles. The van der Waals surface area contributed by atoms with Crippen molar-refractivity contribution < 1.29 is 64.7 Å². The molecule has 8 N–H and O–H groups in total. The van der Waals surface area contributed by atoms with E-state index in [9.17, 15) is 55.2 Å².